The maximum absolute atomic E-state index is 13.1. The number of aromatic nitrogens is 4. The third kappa shape index (κ3) is 3.71. The third-order valence-electron chi connectivity index (χ3n) is 6.20. The van der Waals surface area contributed by atoms with Crippen molar-refractivity contribution in [2.45, 2.75) is 44.6 Å². The van der Waals surface area contributed by atoms with E-state index in [9.17, 15) is 4.79 Å². The summed E-state index contributed by atoms with van der Waals surface area (Å²) in [6, 6.07) is 15.8. The van der Waals surface area contributed by atoms with Crippen LogP contribution in [0.15, 0.2) is 52.9 Å². The lowest BCUT2D eigenvalue weighted by Gasteiger charge is -2.24. The van der Waals surface area contributed by atoms with Gasteiger partial charge >= 0.3 is 0 Å². The summed E-state index contributed by atoms with van der Waals surface area (Å²) < 4.78 is 5.73. The number of carbonyl (C=O) groups is 1. The van der Waals surface area contributed by atoms with Crippen molar-refractivity contribution in [3.63, 3.8) is 0 Å². The molecule has 1 amide bonds. The molecular formula is C24H25N5O2. The largest absolute Gasteiger partial charge is 0.425 e. The quantitative estimate of drug-likeness (QED) is 0.515. The van der Waals surface area contributed by atoms with Crippen LogP contribution in [0.2, 0.25) is 0 Å². The van der Waals surface area contributed by atoms with Gasteiger partial charge in [0.05, 0.1) is 11.0 Å². The Kier molecular flexibility index (Phi) is 5.02. The molecule has 31 heavy (non-hydrogen) atoms. The Labute approximate surface area is 180 Å². The van der Waals surface area contributed by atoms with Crippen LogP contribution >= 0.6 is 0 Å². The van der Waals surface area contributed by atoms with E-state index in [2.05, 4.69) is 20.2 Å². The van der Waals surface area contributed by atoms with Gasteiger partial charge in [0.25, 0.3) is 5.91 Å². The molecule has 158 valence electrons. The van der Waals surface area contributed by atoms with Crippen molar-refractivity contribution in [3.8, 4) is 11.4 Å². The molecule has 1 fully saturated rings. The van der Waals surface area contributed by atoms with Gasteiger partial charge in [-0.1, -0.05) is 31.2 Å². The Morgan fingerprint density at radius 2 is 1.94 bits per heavy atom. The number of amides is 1. The lowest BCUT2D eigenvalue weighted by atomic mass is 10.1. The number of aromatic amines is 1. The zero-order chi connectivity index (χ0) is 21.4. The Hall–Kier alpha value is -3.48. The summed E-state index contributed by atoms with van der Waals surface area (Å²) in [6.07, 6.45) is 3.49. The molecule has 4 aromatic rings. The molecule has 7 nitrogen and oxygen atoms in total. The predicted molar refractivity (Wildman–Crippen MR) is 118 cm³/mol. The molecule has 1 aliphatic carbocycles. The number of para-hydroxylation sites is 2. The van der Waals surface area contributed by atoms with Gasteiger partial charge < -0.3 is 14.3 Å². The van der Waals surface area contributed by atoms with Gasteiger partial charge in [-0.25, -0.2) is 4.98 Å². The van der Waals surface area contributed by atoms with E-state index in [1.54, 1.807) is 0 Å². The van der Waals surface area contributed by atoms with Gasteiger partial charge in [-0.2, -0.15) is 0 Å². The highest BCUT2D eigenvalue weighted by Gasteiger charge is 2.33. The van der Waals surface area contributed by atoms with Gasteiger partial charge in [-0.3, -0.25) is 4.79 Å². The van der Waals surface area contributed by atoms with Crippen LogP contribution < -0.4 is 0 Å². The second-order valence-electron chi connectivity index (χ2n) is 8.15. The minimum atomic E-state index is 0.0292. The van der Waals surface area contributed by atoms with E-state index in [4.69, 9.17) is 4.42 Å². The van der Waals surface area contributed by atoms with Crippen LogP contribution in [0.5, 0.6) is 0 Å². The van der Waals surface area contributed by atoms with Gasteiger partial charge in [-0.15, -0.1) is 10.2 Å². The zero-order valence-corrected chi connectivity index (χ0v) is 17.7. The Morgan fingerprint density at radius 1 is 1.13 bits per heavy atom. The highest BCUT2D eigenvalue weighted by atomic mass is 16.4. The Bertz CT molecular complexity index is 1180. The lowest BCUT2D eigenvalue weighted by molar-refractivity contribution is 0.0733. The number of nitrogens with zero attached hydrogens (tertiary/aromatic N) is 4. The highest BCUT2D eigenvalue weighted by Crippen LogP contribution is 2.36. The molecule has 2 heterocycles. The average molecular weight is 415 g/mol. The van der Waals surface area contributed by atoms with Crippen LogP contribution in [0.25, 0.3) is 22.4 Å². The molecule has 0 radical (unpaired) electrons. The number of rotatable bonds is 5. The molecule has 0 spiro atoms. The number of fused-ring (bicyclic) bond motifs is 1. The average Bonchev–Trinajstić information content (AvgIpc) is 3.56. The van der Waals surface area contributed by atoms with Gasteiger partial charge in [-0.05, 0) is 43.5 Å². The first-order chi connectivity index (χ1) is 15.1. The maximum Gasteiger partial charge on any atom is 0.253 e. The van der Waals surface area contributed by atoms with Crippen molar-refractivity contribution in [1.29, 1.82) is 0 Å². The van der Waals surface area contributed by atoms with E-state index < -0.39 is 0 Å². The second kappa shape index (κ2) is 7.98. The smallest absolute Gasteiger partial charge is 0.253 e. The van der Waals surface area contributed by atoms with Crippen molar-refractivity contribution >= 4 is 16.9 Å². The van der Waals surface area contributed by atoms with E-state index in [-0.39, 0.29) is 17.9 Å². The van der Waals surface area contributed by atoms with E-state index >= 15 is 0 Å². The first-order valence-electron chi connectivity index (χ1n) is 10.8. The molecule has 0 unspecified atom stereocenters. The van der Waals surface area contributed by atoms with Crippen LogP contribution in [0.4, 0.5) is 0 Å². The van der Waals surface area contributed by atoms with Crippen molar-refractivity contribution in [2.24, 2.45) is 0 Å². The SMILES string of the molecule is CCc1nnc([C@H]2CC[C@@H](N(C)C(=O)c3ccc(-c4nc5ccccc5[nH]4)cc3)C2)o1. The van der Waals surface area contributed by atoms with Crippen LogP contribution in [0.1, 0.15) is 54.2 Å². The lowest BCUT2D eigenvalue weighted by Crippen LogP contribution is -2.35. The number of imidazole rings is 1. The topological polar surface area (TPSA) is 87.9 Å². The summed E-state index contributed by atoms with van der Waals surface area (Å²) in [5, 5.41) is 8.26. The molecule has 1 aliphatic rings. The standard InChI is InChI=1S/C24H25N5O2/c1-3-21-27-28-23(31-21)17-12-13-18(14-17)29(2)24(30)16-10-8-15(9-11-16)22-25-19-6-4-5-7-20(19)26-22/h4-11,17-18H,3,12-14H2,1-2H3,(H,25,26)/t17-,18+/m0/s1. The molecule has 2 aromatic heterocycles. The third-order valence-corrected chi connectivity index (χ3v) is 6.20. The number of aryl methyl sites for hydroxylation is 1. The minimum absolute atomic E-state index is 0.0292. The molecule has 0 bridgehead atoms. The van der Waals surface area contributed by atoms with Gasteiger partial charge in [0.2, 0.25) is 11.8 Å². The number of nitrogens with one attached hydrogen (secondary N) is 1. The first-order valence-corrected chi connectivity index (χ1v) is 10.8. The molecule has 7 heteroatoms. The molecule has 2 aromatic carbocycles. The van der Waals surface area contributed by atoms with Gasteiger partial charge in [0, 0.05) is 36.6 Å². The summed E-state index contributed by atoms with van der Waals surface area (Å²) in [6.45, 7) is 2.00. The molecule has 0 saturated heterocycles. The summed E-state index contributed by atoms with van der Waals surface area (Å²) in [7, 11) is 1.88. The van der Waals surface area contributed by atoms with E-state index in [0.29, 0.717) is 17.3 Å². The van der Waals surface area contributed by atoms with Crippen molar-refractivity contribution in [3.05, 3.63) is 65.9 Å². The summed E-state index contributed by atoms with van der Waals surface area (Å²) in [4.78, 5) is 22.9. The second-order valence-corrected chi connectivity index (χ2v) is 8.15. The van der Waals surface area contributed by atoms with Crippen LogP contribution in [-0.2, 0) is 6.42 Å². The van der Waals surface area contributed by atoms with Crippen LogP contribution in [-0.4, -0.2) is 44.1 Å². The number of H-pyrrole nitrogens is 1. The maximum atomic E-state index is 13.1. The first kappa shape index (κ1) is 19.5. The summed E-state index contributed by atoms with van der Waals surface area (Å²) in [5.41, 5.74) is 3.57. The van der Waals surface area contributed by atoms with Gasteiger partial charge in [0.1, 0.15) is 5.82 Å². The summed E-state index contributed by atoms with van der Waals surface area (Å²) in [5.74, 6) is 2.44. The number of hydrogen-bond donors (Lipinski definition) is 1. The van der Waals surface area contributed by atoms with E-state index in [0.717, 1.165) is 48.1 Å². The normalized spacial score (nSPS) is 18.5. The molecule has 1 N–H and O–H groups in total. The molecule has 5 rings (SSSR count). The Balaban J connectivity index is 1.27. The minimum Gasteiger partial charge on any atom is -0.425 e. The van der Waals surface area contributed by atoms with Crippen molar-refractivity contribution in [1.82, 2.24) is 25.1 Å². The van der Waals surface area contributed by atoms with E-state index in [1.807, 2.05) is 67.4 Å². The monoisotopic (exact) mass is 415 g/mol. The fraction of sp³-hybridized carbons (Fsp3) is 0.333. The number of carbonyl (C=O) groups excluding carboxylic acids is 1. The molecule has 0 aliphatic heterocycles. The fourth-order valence-electron chi connectivity index (χ4n) is 4.34. The Morgan fingerprint density at radius 3 is 2.68 bits per heavy atom. The fourth-order valence-corrected chi connectivity index (χ4v) is 4.34. The molecule has 1 saturated carbocycles. The molecular weight excluding hydrogens is 390 g/mol. The number of hydrogen-bond acceptors (Lipinski definition) is 5. The molecule has 2 atom stereocenters. The number of benzene rings is 2. The van der Waals surface area contributed by atoms with Crippen molar-refractivity contribution < 1.29 is 9.21 Å². The highest BCUT2D eigenvalue weighted by molar-refractivity contribution is 5.94. The predicted octanol–water partition coefficient (Wildman–Crippen LogP) is 4.58. The van der Waals surface area contributed by atoms with Crippen LogP contribution in [0, 0.1) is 0 Å². The van der Waals surface area contributed by atoms with E-state index in [1.165, 1.54) is 0 Å². The van der Waals surface area contributed by atoms with Gasteiger partial charge in [0.15, 0.2) is 0 Å². The summed E-state index contributed by atoms with van der Waals surface area (Å²) >= 11 is 0. The zero-order valence-electron chi connectivity index (χ0n) is 17.7. The van der Waals surface area contributed by atoms with Crippen molar-refractivity contribution in [2.75, 3.05) is 7.05 Å². The van der Waals surface area contributed by atoms with Crippen LogP contribution in [0.3, 0.4) is 0 Å².